The van der Waals surface area contributed by atoms with E-state index in [4.69, 9.17) is 0 Å². The summed E-state index contributed by atoms with van der Waals surface area (Å²) in [7, 11) is 1.18. The number of hydrogen-bond acceptors (Lipinski definition) is 4. The van der Waals surface area contributed by atoms with Crippen LogP contribution in [-0.2, 0) is 9.53 Å². The molecule has 2 atom stereocenters. The molecule has 0 fully saturated rings. The molecule has 0 amide bonds. The minimum Gasteiger partial charge on any atom is -0.467 e. The number of carbonyl (C=O) groups is 1. The second-order valence-corrected chi connectivity index (χ2v) is 2.81. The monoisotopic (exact) mass is 172 g/mol. The van der Waals surface area contributed by atoms with E-state index in [-0.39, 0.29) is 0 Å². The summed E-state index contributed by atoms with van der Waals surface area (Å²) in [5.74, 6) is -0.814. The van der Waals surface area contributed by atoms with Gasteiger partial charge in [0.2, 0.25) is 5.60 Å². The van der Waals surface area contributed by atoms with Crippen LogP contribution >= 0.6 is 0 Å². The molecule has 0 aromatic heterocycles. The van der Waals surface area contributed by atoms with E-state index in [1.165, 1.54) is 13.2 Å². The lowest BCUT2D eigenvalue weighted by molar-refractivity contribution is -0.168. The van der Waals surface area contributed by atoms with E-state index in [1.807, 2.05) is 0 Å². The SMILES string of the molecule is COC(=O)[C@]1(O)C=CCC[C@@H]1O. The summed E-state index contributed by atoms with van der Waals surface area (Å²) in [4.78, 5) is 11.0. The zero-order valence-corrected chi connectivity index (χ0v) is 6.86. The maximum absolute atomic E-state index is 11.0. The average Bonchev–Trinajstić information content (AvgIpc) is 2.09. The molecular weight excluding hydrogens is 160 g/mol. The summed E-state index contributed by atoms with van der Waals surface area (Å²) < 4.78 is 4.36. The number of hydrogen-bond donors (Lipinski definition) is 2. The van der Waals surface area contributed by atoms with Crippen molar-refractivity contribution in [1.29, 1.82) is 0 Å². The number of aliphatic hydroxyl groups is 2. The molecule has 0 spiro atoms. The van der Waals surface area contributed by atoms with Gasteiger partial charge in [-0.1, -0.05) is 6.08 Å². The van der Waals surface area contributed by atoms with Crippen molar-refractivity contribution in [3.05, 3.63) is 12.2 Å². The van der Waals surface area contributed by atoms with Crippen LogP contribution in [0.2, 0.25) is 0 Å². The molecule has 2 N–H and O–H groups in total. The Bertz CT molecular complexity index is 211. The van der Waals surface area contributed by atoms with Gasteiger partial charge in [0.1, 0.15) is 0 Å². The molecular formula is C8H12O4. The van der Waals surface area contributed by atoms with Crippen LogP contribution in [0, 0.1) is 0 Å². The lowest BCUT2D eigenvalue weighted by atomic mass is 9.88. The number of carbonyl (C=O) groups excluding carboxylic acids is 1. The van der Waals surface area contributed by atoms with Crippen LogP contribution in [0.25, 0.3) is 0 Å². The van der Waals surface area contributed by atoms with Gasteiger partial charge in [0, 0.05) is 0 Å². The molecule has 68 valence electrons. The molecule has 0 saturated carbocycles. The highest BCUT2D eigenvalue weighted by Crippen LogP contribution is 2.23. The Hall–Kier alpha value is -0.870. The third-order valence-corrected chi connectivity index (χ3v) is 2.00. The lowest BCUT2D eigenvalue weighted by Gasteiger charge is -2.29. The molecule has 12 heavy (non-hydrogen) atoms. The molecule has 4 heteroatoms. The smallest absolute Gasteiger partial charge is 0.344 e. The first-order valence-corrected chi connectivity index (χ1v) is 3.78. The zero-order chi connectivity index (χ0) is 9.19. The van der Waals surface area contributed by atoms with Gasteiger partial charge in [-0.05, 0) is 18.9 Å². The normalized spacial score (nSPS) is 34.8. The molecule has 1 aliphatic rings. The Labute approximate surface area is 70.5 Å². The van der Waals surface area contributed by atoms with Gasteiger partial charge in [-0.15, -0.1) is 0 Å². The van der Waals surface area contributed by atoms with Gasteiger partial charge in [0.05, 0.1) is 13.2 Å². The molecule has 0 aromatic rings. The minimum absolute atomic E-state index is 0.377. The third kappa shape index (κ3) is 1.35. The molecule has 1 rings (SSSR count). The van der Waals surface area contributed by atoms with Crippen molar-refractivity contribution < 1.29 is 19.7 Å². The van der Waals surface area contributed by atoms with Crippen LogP contribution in [0.5, 0.6) is 0 Å². The molecule has 0 bridgehead atoms. The van der Waals surface area contributed by atoms with E-state index in [1.54, 1.807) is 6.08 Å². The van der Waals surface area contributed by atoms with E-state index in [0.717, 1.165) is 0 Å². The van der Waals surface area contributed by atoms with Crippen LogP contribution in [0.4, 0.5) is 0 Å². The predicted octanol–water partition coefficient (Wildman–Crippen LogP) is -0.399. The van der Waals surface area contributed by atoms with E-state index < -0.39 is 17.7 Å². The van der Waals surface area contributed by atoms with Crippen LogP contribution < -0.4 is 0 Å². The third-order valence-electron chi connectivity index (χ3n) is 2.00. The first kappa shape index (κ1) is 9.22. The van der Waals surface area contributed by atoms with Gasteiger partial charge in [-0.2, -0.15) is 0 Å². The van der Waals surface area contributed by atoms with E-state index in [2.05, 4.69) is 4.74 Å². The summed E-state index contributed by atoms with van der Waals surface area (Å²) in [6.07, 6.45) is 2.93. The van der Waals surface area contributed by atoms with Crippen molar-refractivity contribution in [2.75, 3.05) is 7.11 Å². The van der Waals surface area contributed by atoms with E-state index in [9.17, 15) is 15.0 Å². The first-order chi connectivity index (χ1) is 5.61. The van der Waals surface area contributed by atoms with Gasteiger partial charge in [0.25, 0.3) is 0 Å². The van der Waals surface area contributed by atoms with Gasteiger partial charge in [-0.25, -0.2) is 4.79 Å². The summed E-state index contributed by atoms with van der Waals surface area (Å²) >= 11 is 0. The fraction of sp³-hybridized carbons (Fsp3) is 0.625. The van der Waals surface area contributed by atoms with Gasteiger partial charge in [0.15, 0.2) is 0 Å². The molecule has 0 aromatic carbocycles. The quantitative estimate of drug-likeness (QED) is 0.417. The van der Waals surface area contributed by atoms with Crippen LogP contribution in [0.1, 0.15) is 12.8 Å². The predicted molar refractivity (Wildman–Crippen MR) is 41.3 cm³/mol. The fourth-order valence-corrected chi connectivity index (χ4v) is 1.22. The highest BCUT2D eigenvalue weighted by molar-refractivity contribution is 5.82. The van der Waals surface area contributed by atoms with Crippen LogP contribution in [0.15, 0.2) is 12.2 Å². The number of esters is 1. The topological polar surface area (TPSA) is 66.8 Å². The Balaban J connectivity index is 2.86. The number of allylic oxidation sites excluding steroid dienone is 1. The van der Waals surface area contributed by atoms with Crippen molar-refractivity contribution in [1.82, 2.24) is 0 Å². The van der Waals surface area contributed by atoms with Crippen molar-refractivity contribution in [2.24, 2.45) is 0 Å². The number of aliphatic hydroxyl groups excluding tert-OH is 1. The first-order valence-electron chi connectivity index (χ1n) is 3.78. The Kier molecular flexibility index (Phi) is 2.49. The summed E-state index contributed by atoms with van der Waals surface area (Å²) in [6.45, 7) is 0. The number of ether oxygens (including phenoxy) is 1. The molecule has 0 saturated heterocycles. The molecule has 0 radical (unpaired) electrons. The minimum atomic E-state index is -1.84. The Morgan fingerprint density at radius 2 is 2.42 bits per heavy atom. The standard InChI is InChI=1S/C8H12O4/c1-12-7(10)8(11)5-3-2-4-6(8)9/h3,5-6,9,11H,2,4H2,1H3/t6-,8-/m0/s1. The van der Waals surface area contributed by atoms with Gasteiger partial charge < -0.3 is 14.9 Å². The number of rotatable bonds is 1. The summed E-state index contributed by atoms with van der Waals surface area (Å²) in [5.41, 5.74) is -1.84. The second kappa shape index (κ2) is 3.25. The Morgan fingerprint density at radius 1 is 1.75 bits per heavy atom. The lowest BCUT2D eigenvalue weighted by Crippen LogP contribution is -2.49. The molecule has 4 nitrogen and oxygen atoms in total. The van der Waals surface area contributed by atoms with Gasteiger partial charge in [-0.3, -0.25) is 0 Å². The molecule has 1 aliphatic carbocycles. The maximum atomic E-state index is 11.0. The number of methoxy groups -OCH3 is 1. The fourth-order valence-electron chi connectivity index (χ4n) is 1.22. The van der Waals surface area contributed by atoms with Crippen molar-refractivity contribution >= 4 is 5.97 Å². The largest absolute Gasteiger partial charge is 0.467 e. The second-order valence-electron chi connectivity index (χ2n) is 2.81. The average molecular weight is 172 g/mol. The van der Waals surface area contributed by atoms with Crippen molar-refractivity contribution in [3.63, 3.8) is 0 Å². The Morgan fingerprint density at radius 3 is 2.92 bits per heavy atom. The summed E-state index contributed by atoms with van der Waals surface area (Å²) in [6, 6.07) is 0. The highest BCUT2D eigenvalue weighted by atomic mass is 16.5. The highest BCUT2D eigenvalue weighted by Gasteiger charge is 2.43. The van der Waals surface area contributed by atoms with Crippen LogP contribution in [-0.4, -0.2) is 35.0 Å². The zero-order valence-electron chi connectivity index (χ0n) is 6.86. The van der Waals surface area contributed by atoms with Crippen molar-refractivity contribution in [3.8, 4) is 0 Å². The molecule has 0 unspecified atom stereocenters. The van der Waals surface area contributed by atoms with Crippen LogP contribution in [0.3, 0.4) is 0 Å². The molecule has 0 aliphatic heterocycles. The maximum Gasteiger partial charge on any atom is 0.344 e. The molecule has 0 heterocycles. The summed E-state index contributed by atoms with van der Waals surface area (Å²) in [5, 5.41) is 18.9. The van der Waals surface area contributed by atoms with E-state index in [0.29, 0.717) is 12.8 Å². The van der Waals surface area contributed by atoms with Crippen molar-refractivity contribution in [2.45, 2.75) is 24.5 Å². The van der Waals surface area contributed by atoms with E-state index >= 15 is 0 Å². The van der Waals surface area contributed by atoms with Gasteiger partial charge >= 0.3 is 5.97 Å².